The summed E-state index contributed by atoms with van der Waals surface area (Å²) < 4.78 is 13.9. The number of halogens is 2. The Morgan fingerprint density at radius 2 is 2.31 bits per heavy atom. The van der Waals surface area contributed by atoms with Crippen LogP contribution in [0.15, 0.2) is 22.7 Å². The monoisotopic (exact) mass is 283 g/mol. The number of carbonyl (C=O) groups excluding carboxylic acids is 1. The Kier molecular flexibility index (Phi) is 5.00. The number of hydrogen-bond donors (Lipinski definition) is 1. The van der Waals surface area contributed by atoms with Crippen LogP contribution in [0.3, 0.4) is 0 Å². The molecule has 0 aromatic heterocycles. The highest BCUT2D eigenvalue weighted by atomic mass is 79.9. The van der Waals surface area contributed by atoms with Crippen LogP contribution < -0.4 is 5.32 Å². The highest BCUT2D eigenvalue weighted by Gasteiger charge is 2.01. The van der Waals surface area contributed by atoms with E-state index in [1.807, 2.05) is 0 Å². The Hall–Kier alpha value is -1.34. The standard InChI is InChI=1S/C12H11BrFNO/c1-9(16)15-8-3-2-5-10-11(13)6-4-7-12(10)14/h4,6-7H,3,8H2,1H3,(H,15,16). The Morgan fingerprint density at radius 3 is 2.94 bits per heavy atom. The van der Waals surface area contributed by atoms with Crippen LogP contribution in [0.2, 0.25) is 0 Å². The molecule has 0 atom stereocenters. The van der Waals surface area contributed by atoms with Gasteiger partial charge in [-0.15, -0.1) is 0 Å². The fourth-order valence-corrected chi connectivity index (χ4v) is 1.51. The fourth-order valence-electron chi connectivity index (χ4n) is 1.07. The molecule has 1 aromatic rings. The molecular formula is C12H11BrFNO. The number of benzene rings is 1. The van der Waals surface area contributed by atoms with Gasteiger partial charge in [0.2, 0.25) is 5.91 Å². The van der Waals surface area contributed by atoms with Crippen LogP contribution >= 0.6 is 15.9 Å². The van der Waals surface area contributed by atoms with E-state index in [0.717, 1.165) is 0 Å². The lowest BCUT2D eigenvalue weighted by Crippen LogP contribution is -2.20. The van der Waals surface area contributed by atoms with Gasteiger partial charge in [-0.25, -0.2) is 4.39 Å². The van der Waals surface area contributed by atoms with Crippen molar-refractivity contribution in [3.63, 3.8) is 0 Å². The Bertz CT molecular complexity index is 428. The van der Waals surface area contributed by atoms with Gasteiger partial charge in [0.05, 0.1) is 5.56 Å². The van der Waals surface area contributed by atoms with Gasteiger partial charge in [-0.3, -0.25) is 4.79 Å². The van der Waals surface area contributed by atoms with Gasteiger partial charge in [0.1, 0.15) is 5.82 Å². The number of hydrogen-bond acceptors (Lipinski definition) is 1. The largest absolute Gasteiger partial charge is 0.355 e. The van der Waals surface area contributed by atoms with Crippen LogP contribution in [0.5, 0.6) is 0 Å². The number of amides is 1. The Balaban J connectivity index is 2.60. The molecule has 4 heteroatoms. The van der Waals surface area contributed by atoms with E-state index in [1.54, 1.807) is 12.1 Å². The van der Waals surface area contributed by atoms with E-state index in [9.17, 15) is 9.18 Å². The van der Waals surface area contributed by atoms with E-state index in [-0.39, 0.29) is 11.7 Å². The molecule has 84 valence electrons. The summed E-state index contributed by atoms with van der Waals surface area (Å²) in [4.78, 5) is 10.6. The summed E-state index contributed by atoms with van der Waals surface area (Å²) in [6, 6.07) is 4.71. The molecule has 16 heavy (non-hydrogen) atoms. The van der Waals surface area contributed by atoms with E-state index in [1.165, 1.54) is 13.0 Å². The smallest absolute Gasteiger partial charge is 0.216 e. The maximum absolute atomic E-state index is 13.3. The molecule has 1 amide bonds. The quantitative estimate of drug-likeness (QED) is 0.656. The van der Waals surface area contributed by atoms with Crippen molar-refractivity contribution >= 4 is 21.8 Å². The van der Waals surface area contributed by atoms with Crippen LogP contribution in [0.4, 0.5) is 4.39 Å². The topological polar surface area (TPSA) is 29.1 Å². The summed E-state index contributed by atoms with van der Waals surface area (Å²) in [7, 11) is 0. The normalized spacial score (nSPS) is 9.19. The lowest BCUT2D eigenvalue weighted by molar-refractivity contribution is -0.118. The number of nitrogens with one attached hydrogen (secondary N) is 1. The molecule has 1 rings (SSSR count). The summed E-state index contributed by atoms with van der Waals surface area (Å²) >= 11 is 3.23. The van der Waals surface area contributed by atoms with Crippen LogP contribution in [0, 0.1) is 17.7 Å². The van der Waals surface area contributed by atoms with Crippen molar-refractivity contribution in [1.29, 1.82) is 0 Å². The second-order valence-corrected chi connectivity index (χ2v) is 3.99. The van der Waals surface area contributed by atoms with Crippen molar-refractivity contribution in [2.45, 2.75) is 13.3 Å². The second-order valence-electron chi connectivity index (χ2n) is 3.13. The van der Waals surface area contributed by atoms with Gasteiger partial charge in [-0.2, -0.15) is 0 Å². The number of rotatable bonds is 2. The second kappa shape index (κ2) is 6.29. The first-order valence-electron chi connectivity index (χ1n) is 4.78. The van der Waals surface area contributed by atoms with Crippen LogP contribution in [0.1, 0.15) is 18.9 Å². The van der Waals surface area contributed by atoms with Crippen molar-refractivity contribution in [1.82, 2.24) is 5.32 Å². The maximum Gasteiger partial charge on any atom is 0.216 e. The highest BCUT2D eigenvalue weighted by molar-refractivity contribution is 9.10. The summed E-state index contributed by atoms with van der Waals surface area (Å²) in [5, 5.41) is 2.61. The average Bonchev–Trinajstić information content (AvgIpc) is 2.21. The Morgan fingerprint density at radius 1 is 1.56 bits per heavy atom. The average molecular weight is 284 g/mol. The SMILES string of the molecule is CC(=O)NCCC#Cc1c(F)cccc1Br. The molecule has 0 aliphatic carbocycles. The molecule has 0 spiro atoms. The third-order valence-electron chi connectivity index (χ3n) is 1.80. The molecule has 2 nitrogen and oxygen atoms in total. The highest BCUT2D eigenvalue weighted by Crippen LogP contribution is 2.18. The lowest BCUT2D eigenvalue weighted by atomic mass is 10.2. The summed E-state index contributed by atoms with van der Waals surface area (Å²) in [6.07, 6.45) is 0.500. The van der Waals surface area contributed by atoms with Gasteiger partial charge in [0, 0.05) is 24.4 Å². The minimum Gasteiger partial charge on any atom is -0.355 e. The van der Waals surface area contributed by atoms with Crippen molar-refractivity contribution in [3.05, 3.63) is 34.1 Å². The van der Waals surface area contributed by atoms with Gasteiger partial charge in [0.15, 0.2) is 0 Å². The molecule has 0 unspecified atom stereocenters. The van der Waals surface area contributed by atoms with Crippen molar-refractivity contribution in [2.24, 2.45) is 0 Å². The minimum atomic E-state index is -0.346. The zero-order valence-electron chi connectivity index (χ0n) is 8.81. The van der Waals surface area contributed by atoms with E-state index in [2.05, 4.69) is 33.1 Å². The first kappa shape index (κ1) is 12.7. The molecule has 1 N–H and O–H groups in total. The van der Waals surface area contributed by atoms with Gasteiger partial charge < -0.3 is 5.32 Å². The van der Waals surface area contributed by atoms with Crippen molar-refractivity contribution in [3.8, 4) is 11.8 Å². The van der Waals surface area contributed by atoms with Crippen molar-refractivity contribution < 1.29 is 9.18 Å². The molecule has 0 aliphatic heterocycles. The van der Waals surface area contributed by atoms with E-state index >= 15 is 0 Å². The van der Waals surface area contributed by atoms with E-state index in [0.29, 0.717) is 23.0 Å². The molecular weight excluding hydrogens is 273 g/mol. The van der Waals surface area contributed by atoms with E-state index in [4.69, 9.17) is 0 Å². The summed E-state index contributed by atoms with van der Waals surface area (Å²) in [5.41, 5.74) is 0.352. The molecule has 1 aromatic carbocycles. The zero-order valence-corrected chi connectivity index (χ0v) is 10.4. The molecule has 0 bridgehead atoms. The molecule has 0 saturated heterocycles. The Labute approximate surface area is 102 Å². The predicted molar refractivity (Wildman–Crippen MR) is 64.3 cm³/mol. The molecule has 0 aliphatic rings. The van der Waals surface area contributed by atoms with Gasteiger partial charge >= 0.3 is 0 Å². The zero-order chi connectivity index (χ0) is 12.0. The van der Waals surface area contributed by atoms with Crippen LogP contribution in [-0.2, 0) is 4.79 Å². The first-order chi connectivity index (χ1) is 7.61. The van der Waals surface area contributed by atoms with Crippen molar-refractivity contribution in [2.75, 3.05) is 6.54 Å². The van der Waals surface area contributed by atoms with Crippen LogP contribution in [-0.4, -0.2) is 12.5 Å². The number of carbonyl (C=O) groups is 1. The van der Waals surface area contributed by atoms with Gasteiger partial charge in [-0.1, -0.05) is 17.9 Å². The third-order valence-corrected chi connectivity index (χ3v) is 2.46. The first-order valence-corrected chi connectivity index (χ1v) is 5.58. The summed E-state index contributed by atoms with van der Waals surface area (Å²) in [6.45, 7) is 1.93. The third kappa shape index (κ3) is 4.03. The van der Waals surface area contributed by atoms with Gasteiger partial charge in [-0.05, 0) is 28.1 Å². The lowest BCUT2D eigenvalue weighted by Gasteiger charge is -1.97. The molecule has 0 fully saturated rings. The van der Waals surface area contributed by atoms with Gasteiger partial charge in [0.25, 0.3) is 0 Å². The summed E-state index contributed by atoms with van der Waals surface area (Å²) in [5.74, 6) is 5.10. The fraction of sp³-hybridized carbons (Fsp3) is 0.250. The maximum atomic E-state index is 13.3. The van der Waals surface area contributed by atoms with Crippen LogP contribution in [0.25, 0.3) is 0 Å². The van der Waals surface area contributed by atoms with E-state index < -0.39 is 0 Å². The molecule has 0 saturated carbocycles. The molecule has 0 radical (unpaired) electrons. The minimum absolute atomic E-state index is 0.0890. The molecule has 0 heterocycles. The predicted octanol–water partition coefficient (Wildman–Crippen LogP) is 2.47.